The molecule has 3 rings (SSSR count). The van der Waals surface area contributed by atoms with Gasteiger partial charge in [0.15, 0.2) is 5.96 Å². The van der Waals surface area contributed by atoms with E-state index in [0.29, 0.717) is 18.0 Å². The molecule has 2 heterocycles. The fourth-order valence-electron chi connectivity index (χ4n) is 3.20. The molecule has 1 aromatic heterocycles. The minimum atomic E-state index is -0.171. The molecule has 0 saturated carbocycles. The predicted molar refractivity (Wildman–Crippen MR) is 114 cm³/mol. The van der Waals surface area contributed by atoms with Crippen LogP contribution < -0.4 is 5.32 Å². The summed E-state index contributed by atoms with van der Waals surface area (Å²) in [5.41, 5.74) is 2.83. The lowest BCUT2D eigenvalue weighted by Crippen LogP contribution is -2.40. The number of guanidine groups is 1. The second kappa shape index (κ2) is 9.34. The fourth-order valence-corrected chi connectivity index (χ4v) is 3.20. The van der Waals surface area contributed by atoms with Gasteiger partial charge in [-0.05, 0) is 43.0 Å². The Labute approximate surface area is 171 Å². The number of hydrogen-bond acceptors (Lipinski definition) is 2. The van der Waals surface area contributed by atoms with Gasteiger partial charge in [0, 0.05) is 38.8 Å². The van der Waals surface area contributed by atoms with Gasteiger partial charge in [0.05, 0.1) is 12.7 Å². The molecule has 5 nitrogen and oxygen atoms in total. The lowest BCUT2D eigenvalue weighted by molar-refractivity contribution is 0.486. The third-order valence-corrected chi connectivity index (χ3v) is 4.67. The molecule has 0 aliphatic carbocycles. The Bertz CT molecular complexity index is 758. The first-order valence-corrected chi connectivity index (χ1v) is 8.83. The average molecular weight is 471 g/mol. The fraction of sp³-hybridized carbons (Fsp3) is 0.474. The molecule has 0 amide bonds. The maximum absolute atomic E-state index is 13.7. The minimum absolute atomic E-state index is 0. The quantitative estimate of drug-likeness (QED) is 0.422. The van der Waals surface area contributed by atoms with Crippen LogP contribution in [0.1, 0.15) is 36.0 Å². The van der Waals surface area contributed by atoms with Crippen molar-refractivity contribution in [1.29, 1.82) is 0 Å². The lowest BCUT2D eigenvalue weighted by Gasteiger charge is -2.21. The maximum atomic E-state index is 13.7. The number of rotatable bonds is 4. The maximum Gasteiger partial charge on any atom is 0.194 e. The highest BCUT2D eigenvalue weighted by Gasteiger charge is 2.26. The van der Waals surface area contributed by atoms with Gasteiger partial charge in [0.25, 0.3) is 0 Å². The second-order valence-corrected chi connectivity index (χ2v) is 6.63. The zero-order valence-electron chi connectivity index (χ0n) is 15.6. The van der Waals surface area contributed by atoms with E-state index >= 15 is 0 Å². The summed E-state index contributed by atoms with van der Waals surface area (Å²) in [6, 6.07) is 5.32. The summed E-state index contributed by atoms with van der Waals surface area (Å²) in [4.78, 5) is 7.00. The Kier molecular flexibility index (Phi) is 7.43. The molecule has 26 heavy (non-hydrogen) atoms. The van der Waals surface area contributed by atoms with Crippen LogP contribution in [0.2, 0.25) is 0 Å². The summed E-state index contributed by atoms with van der Waals surface area (Å²) in [6.07, 6.45) is 5.13. The van der Waals surface area contributed by atoms with Gasteiger partial charge in [-0.1, -0.05) is 12.1 Å². The van der Waals surface area contributed by atoms with E-state index in [0.717, 1.165) is 37.6 Å². The zero-order chi connectivity index (χ0) is 17.8. The number of hydrogen-bond donors (Lipinski definition) is 1. The van der Waals surface area contributed by atoms with Gasteiger partial charge in [0.1, 0.15) is 5.82 Å². The number of nitrogens with zero attached hydrogens (tertiary/aromatic N) is 4. The van der Waals surface area contributed by atoms with Crippen LogP contribution in [-0.4, -0.2) is 40.3 Å². The molecule has 142 valence electrons. The van der Waals surface area contributed by atoms with Crippen molar-refractivity contribution in [2.24, 2.45) is 12.0 Å². The highest BCUT2D eigenvalue weighted by Crippen LogP contribution is 2.26. The van der Waals surface area contributed by atoms with Crippen LogP contribution in [0.4, 0.5) is 4.39 Å². The molecule has 1 unspecified atom stereocenters. The topological polar surface area (TPSA) is 45.5 Å². The standard InChI is InChI=1S/C19H26FN5.HI/c1-4-21-19(22-10-15-6-5-14(2)18(20)9-15)25-8-7-16(13-25)17-11-23-24(3)12-17;/h5-6,9,11-12,16H,4,7-8,10,13H2,1-3H3,(H,21,22);1H. The minimum Gasteiger partial charge on any atom is -0.357 e. The first kappa shape index (κ1) is 20.7. The van der Waals surface area contributed by atoms with Crippen LogP contribution in [0, 0.1) is 12.7 Å². The molecule has 0 bridgehead atoms. The van der Waals surface area contributed by atoms with E-state index in [-0.39, 0.29) is 29.8 Å². The molecular weight excluding hydrogens is 444 g/mol. The summed E-state index contributed by atoms with van der Waals surface area (Å²) in [5, 5.41) is 7.63. The Hall–Kier alpha value is -1.64. The third-order valence-electron chi connectivity index (χ3n) is 4.67. The first-order chi connectivity index (χ1) is 12.1. The average Bonchev–Trinajstić information content (AvgIpc) is 3.23. The molecule has 1 fully saturated rings. The van der Waals surface area contributed by atoms with Crippen molar-refractivity contribution in [2.75, 3.05) is 19.6 Å². The molecule has 1 aliphatic heterocycles. The lowest BCUT2D eigenvalue weighted by atomic mass is 10.0. The Balaban J connectivity index is 0.00000243. The number of benzene rings is 1. The van der Waals surface area contributed by atoms with E-state index < -0.39 is 0 Å². The van der Waals surface area contributed by atoms with Crippen molar-refractivity contribution in [2.45, 2.75) is 32.7 Å². The van der Waals surface area contributed by atoms with Crippen molar-refractivity contribution in [3.63, 3.8) is 0 Å². The predicted octanol–water partition coefficient (Wildman–Crippen LogP) is 3.44. The summed E-state index contributed by atoms with van der Waals surface area (Å²) in [5.74, 6) is 1.21. The molecule has 1 saturated heterocycles. The zero-order valence-corrected chi connectivity index (χ0v) is 17.9. The summed E-state index contributed by atoms with van der Waals surface area (Å²) in [6.45, 7) is 7.03. The molecule has 1 N–H and O–H groups in total. The van der Waals surface area contributed by atoms with Crippen LogP contribution in [0.3, 0.4) is 0 Å². The van der Waals surface area contributed by atoms with Crippen LogP contribution >= 0.6 is 24.0 Å². The largest absolute Gasteiger partial charge is 0.357 e. The van der Waals surface area contributed by atoms with Gasteiger partial charge >= 0.3 is 0 Å². The number of likely N-dealkylation sites (tertiary alicyclic amines) is 1. The molecule has 1 atom stereocenters. The van der Waals surface area contributed by atoms with E-state index in [1.54, 1.807) is 19.1 Å². The van der Waals surface area contributed by atoms with Gasteiger partial charge in [-0.15, -0.1) is 24.0 Å². The van der Waals surface area contributed by atoms with Crippen LogP contribution in [0.15, 0.2) is 35.6 Å². The van der Waals surface area contributed by atoms with E-state index in [2.05, 4.69) is 28.4 Å². The van der Waals surface area contributed by atoms with Gasteiger partial charge in [-0.25, -0.2) is 9.38 Å². The summed E-state index contributed by atoms with van der Waals surface area (Å²) < 4.78 is 15.6. The summed E-state index contributed by atoms with van der Waals surface area (Å²) in [7, 11) is 1.95. The molecule has 7 heteroatoms. The van der Waals surface area contributed by atoms with Crippen LogP contribution in [0.5, 0.6) is 0 Å². The van der Waals surface area contributed by atoms with Crippen LogP contribution in [-0.2, 0) is 13.6 Å². The van der Waals surface area contributed by atoms with E-state index in [9.17, 15) is 4.39 Å². The molecule has 2 aromatic rings. The van der Waals surface area contributed by atoms with E-state index in [1.807, 2.05) is 24.0 Å². The molecule has 0 radical (unpaired) electrons. The Morgan fingerprint density at radius 2 is 2.23 bits per heavy atom. The first-order valence-electron chi connectivity index (χ1n) is 8.83. The SMILES string of the molecule is CCNC(=NCc1ccc(C)c(F)c1)N1CCC(c2cnn(C)c2)C1.I. The van der Waals surface area contributed by atoms with Gasteiger partial charge in [-0.2, -0.15) is 5.10 Å². The van der Waals surface area contributed by atoms with E-state index in [4.69, 9.17) is 4.99 Å². The van der Waals surface area contributed by atoms with Gasteiger partial charge in [0.2, 0.25) is 0 Å². The smallest absolute Gasteiger partial charge is 0.194 e. The summed E-state index contributed by atoms with van der Waals surface area (Å²) >= 11 is 0. The van der Waals surface area contributed by atoms with Gasteiger partial charge < -0.3 is 10.2 Å². The van der Waals surface area contributed by atoms with Crippen LogP contribution in [0.25, 0.3) is 0 Å². The number of aryl methyl sites for hydroxylation is 2. The highest BCUT2D eigenvalue weighted by molar-refractivity contribution is 14.0. The molecule has 1 aliphatic rings. The second-order valence-electron chi connectivity index (χ2n) is 6.63. The van der Waals surface area contributed by atoms with Crippen molar-refractivity contribution in [3.8, 4) is 0 Å². The monoisotopic (exact) mass is 471 g/mol. The number of aromatic nitrogens is 2. The van der Waals surface area contributed by atoms with Gasteiger partial charge in [-0.3, -0.25) is 4.68 Å². The number of halogens is 2. The van der Waals surface area contributed by atoms with Crippen molar-refractivity contribution in [1.82, 2.24) is 20.0 Å². The molecular formula is C19H27FIN5. The van der Waals surface area contributed by atoms with Crippen molar-refractivity contribution in [3.05, 3.63) is 53.1 Å². The normalized spacial score (nSPS) is 17.3. The third kappa shape index (κ3) is 4.96. The van der Waals surface area contributed by atoms with Crippen molar-refractivity contribution < 1.29 is 4.39 Å². The Morgan fingerprint density at radius 3 is 2.88 bits per heavy atom. The van der Waals surface area contributed by atoms with E-state index in [1.165, 1.54) is 5.56 Å². The van der Waals surface area contributed by atoms with Crippen molar-refractivity contribution >= 4 is 29.9 Å². The highest BCUT2D eigenvalue weighted by atomic mass is 127. The molecule has 0 spiro atoms. The molecule has 1 aromatic carbocycles. The number of aliphatic imine (C=N–C) groups is 1. The Morgan fingerprint density at radius 1 is 1.42 bits per heavy atom. The number of nitrogens with one attached hydrogen (secondary N) is 1.